The molecule has 1 heterocycles. The van der Waals surface area contributed by atoms with E-state index in [1.54, 1.807) is 28.8 Å². The van der Waals surface area contributed by atoms with Crippen LogP contribution in [0.4, 0.5) is 4.39 Å². The van der Waals surface area contributed by atoms with E-state index < -0.39 is 0 Å². The number of hydrogen-bond donors (Lipinski definition) is 0. The summed E-state index contributed by atoms with van der Waals surface area (Å²) < 4.78 is 15.6. The van der Waals surface area contributed by atoms with Crippen LogP contribution < -0.4 is 5.56 Å². The van der Waals surface area contributed by atoms with E-state index >= 15 is 0 Å². The molecule has 4 rings (SSSR count). The number of para-hydroxylation sites is 1. The lowest BCUT2D eigenvalue weighted by molar-refractivity contribution is 0.628. The molecule has 3 aromatic carbocycles. The summed E-state index contributed by atoms with van der Waals surface area (Å²) in [5.41, 5.74) is 3.10. The van der Waals surface area contributed by atoms with Crippen molar-refractivity contribution in [3.8, 4) is 5.69 Å². The van der Waals surface area contributed by atoms with E-state index in [9.17, 15) is 9.18 Å². The third kappa shape index (κ3) is 3.53. The highest BCUT2D eigenvalue weighted by Gasteiger charge is 2.13. The number of nitrogens with zero attached hydrogens (tertiary/aromatic N) is 2. The second kappa shape index (κ2) is 7.52. The maximum Gasteiger partial charge on any atom is 0.266 e. The van der Waals surface area contributed by atoms with Gasteiger partial charge in [0.05, 0.1) is 16.6 Å². The molecular formula is C23H16BrFN2O. The summed E-state index contributed by atoms with van der Waals surface area (Å²) in [5.74, 6) is 0.207. The minimum atomic E-state index is -0.290. The van der Waals surface area contributed by atoms with Crippen LogP contribution in [-0.4, -0.2) is 9.55 Å². The van der Waals surface area contributed by atoms with E-state index in [4.69, 9.17) is 0 Å². The van der Waals surface area contributed by atoms with Crippen LogP contribution in [0.5, 0.6) is 0 Å². The maximum absolute atomic E-state index is 13.3. The number of rotatable bonds is 3. The maximum atomic E-state index is 13.3. The molecule has 0 radical (unpaired) electrons. The van der Waals surface area contributed by atoms with Crippen molar-refractivity contribution in [2.45, 2.75) is 6.92 Å². The van der Waals surface area contributed by atoms with Gasteiger partial charge < -0.3 is 0 Å². The van der Waals surface area contributed by atoms with E-state index in [0.717, 1.165) is 15.6 Å². The van der Waals surface area contributed by atoms with Crippen LogP contribution in [0.15, 0.2) is 76.0 Å². The average molecular weight is 435 g/mol. The van der Waals surface area contributed by atoms with Crippen molar-refractivity contribution >= 4 is 39.0 Å². The zero-order valence-electron chi connectivity index (χ0n) is 15.1. The van der Waals surface area contributed by atoms with Crippen LogP contribution in [0.25, 0.3) is 28.7 Å². The minimum absolute atomic E-state index is 0.145. The second-order valence-electron chi connectivity index (χ2n) is 6.47. The standard InChI is InChI=1S/C23H16BrFN2O/c1-15-6-12-21(19(24)14-15)27-22(13-9-16-7-10-17(25)11-8-16)26-20-5-3-2-4-18(20)23(27)28/h2-14H,1H3. The van der Waals surface area contributed by atoms with E-state index in [1.165, 1.54) is 12.1 Å². The van der Waals surface area contributed by atoms with Crippen LogP contribution in [0.2, 0.25) is 0 Å². The van der Waals surface area contributed by atoms with E-state index in [2.05, 4.69) is 20.9 Å². The fourth-order valence-electron chi connectivity index (χ4n) is 3.03. The van der Waals surface area contributed by atoms with Crippen molar-refractivity contribution in [2.24, 2.45) is 0 Å². The number of halogens is 2. The van der Waals surface area contributed by atoms with Crippen molar-refractivity contribution in [2.75, 3.05) is 0 Å². The van der Waals surface area contributed by atoms with Gasteiger partial charge in [-0.05, 0) is 76.5 Å². The van der Waals surface area contributed by atoms with Gasteiger partial charge in [0.2, 0.25) is 0 Å². The first-order chi connectivity index (χ1) is 13.5. The van der Waals surface area contributed by atoms with E-state index in [-0.39, 0.29) is 11.4 Å². The van der Waals surface area contributed by atoms with Gasteiger partial charge in [0.25, 0.3) is 5.56 Å². The summed E-state index contributed by atoms with van der Waals surface area (Å²) in [5, 5.41) is 0.550. The first-order valence-corrected chi connectivity index (χ1v) is 9.54. The molecule has 1 aromatic heterocycles. The molecule has 0 aliphatic heterocycles. The third-order valence-electron chi connectivity index (χ3n) is 4.44. The molecule has 0 amide bonds. The average Bonchev–Trinajstić information content (AvgIpc) is 2.69. The van der Waals surface area contributed by atoms with Crippen LogP contribution in [-0.2, 0) is 0 Å². The minimum Gasteiger partial charge on any atom is -0.268 e. The molecule has 0 unspecified atom stereocenters. The molecule has 138 valence electrons. The number of aromatic nitrogens is 2. The smallest absolute Gasteiger partial charge is 0.266 e. The van der Waals surface area contributed by atoms with E-state index in [0.29, 0.717) is 22.4 Å². The lowest BCUT2D eigenvalue weighted by Gasteiger charge is -2.13. The summed E-state index contributed by atoms with van der Waals surface area (Å²) in [7, 11) is 0. The van der Waals surface area contributed by atoms with Gasteiger partial charge in [-0.1, -0.05) is 36.4 Å². The summed E-state index contributed by atoms with van der Waals surface area (Å²) in [6.45, 7) is 1.99. The van der Waals surface area contributed by atoms with Crippen LogP contribution in [0.3, 0.4) is 0 Å². The largest absolute Gasteiger partial charge is 0.268 e. The van der Waals surface area contributed by atoms with Gasteiger partial charge in [0.1, 0.15) is 11.6 Å². The molecule has 4 aromatic rings. The Morgan fingerprint density at radius 3 is 2.50 bits per heavy atom. The second-order valence-corrected chi connectivity index (χ2v) is 7.32. The van der Waals surface area contributed by atoms with Crippen molar-refractivity contribution in [3.63, 3.8) is 0 Å². The number of benzene rings is 3. The first-order valence-electron chi connectivity index (χ1n) is 8.75. The zero-order valence-corrected chi connectivity index (χ0v) is 16.7. The molecule has 0 aliphatic rings. The fourth-order valence-corrected chi connectivity index (χ4v) is 3.70. The molecule has 0 N–H and O–H groups in total. The highest BCUT2D eigenvalue weighted by atomic mass is 79.9. The molecule has 0 aliphatic carbocycles. The Hall–Kier alpha value is -3.05. The van der Waals surface area contributed by atoms with Crippen LogP contribution >= 0.6 is 15.9 Å². The molecule has 0 spiro atoms. The normalized spacial score (nSPS) is 11.4. The summed E-state index contributed by atoms with van der Waals surface area (Å²) in [4.78, 5) is 18.0. The quantitative estimate of drug-likeness (QED) is 0.410. The van der Waals surface area contributed by atoms with Crippen LogP contribution in [0, 0.1) is 12.7 Å². The molecule has 0 fully saturated rings. The Labute approximate surface area is 169 Å². The van der Waals surface area contributed by atoms with Crippen LogP contribution in [0.1, 0.15) is 17.0 Å². The molecule has 0 bridgehead atoms. The van der Waals surface area contributed by atoms with Gasteiger partial charge in [-0.25, -0.2) is 9.37 Å². The zero-order chi connectivity index (χ0) is 19.7. The fraction of sp³-hybridized carbons (Fsp3) is 0.0435. The molecule has 0 atom stereocenters. The van der Waals surface area contributed by atoms with Gasteiger partial charge in [-0.2, -0.15) is 0 Å². The molecule has 3 nitrogen and oxygen atoms in total. The van der Waals surface area contributed by atoms with Gasteiger partial charge in [-0.3, -0.25) is 9.36 Å². The number of aryl methyl sites for hydroxylation is 1. The Balaban J connectivity index is 1.95. The van der Waals surface area contributed by atoms with Crippen molar-refractivity contribution in [1.29, 1.82) is 0 Å². The Morgan fingerprint density at radius 2 is 1.75 bits per heavy atom. The number of fused-ring (bicyclic) bond motifs is 1. The molecule has 28 heavy (non-hydrogen) atoms. The highest BCUT2D eigenvalue weighted by molar-refractivity contribution is 9.10. The predicted octanol–water partition coefficient (Wildman–Crippen LogP) is 5.77. The number of hydrogen-bond acceptors (Lipinski definition) is 2. The van der Waals surface area contributed by atoms with Crippen molar-refractivity contribution in [3.05, 3.63) is 104 Å². The Kier molecular flexibility index (Phi) is 4.92. The topological polar surface area (TPSA) is 34.9 Å². The summed E-state index contributed by atoms with van der Waals surface area (Å²) in [6.07, 6.45) is 3.59. The summed E-state index contributed by atoms with van der Waals surface area (Å²) in [6, 6.07) is 19.2. The van der Waals surface area contributed by atoms with Gasteiger partial charge in [0, 0.05) is 4.47 Å². The van der Waals surface area contributed by atoms with Gasteiger partial charge >= 0.3 is 0 Å². The predicted molar refractivity (Wildman–Crippen MR) is 115 cm³/mol. The highest BCUT2D eigenvalue weighted by Crippen LogP contribution is 2.24. The molecule has 0 saturated carbocycles. The third-order valence-corrected chi connectivity index (χ3v) is 5.08. The van der Waals surface area contributed by atoms with Gasteiger partial charge in [-0.15, -0.1) is 0 Å². The summed E-state index contributed by atoms with van der Waals surface area (Å²) >= 11 is 3.57. The monoisotopic (exact) mass is 434 g/mol. The molecule has 5 heteroatoms. The first kappa shape index (κ1) is 18.3. The molecular weight excluding hydrogens is 419 g/mol. The lowest BCUT2D eigenvalue weighted by atomic mass is 10.2. The van der Waals surface area contributed by atoms with Crippen molar-refractivity contribution < 1.29 is 4.39 Å². The molecule has 0 saturated heterocycles. The Bertz CT molecular complexity index is 1260. The van der Waals surface area contributed by atoms with E-state index in [1.807, 2.05) is 49.4 Å². The van der Waals surface area contributed by atoms with Gasteiger partial charge in [0.15, 0.2) is 0 Å². The SMILES string of the molecule is Cc1ccc(-n2c(C=Cc3ccc(F)cc3)nc3ccccc3c2=O)c(Br)c1. The lowest BCUT2D eigenvalue weighted by Crippen LogP contribution is -2.22. The van der Waals surface area contributed by atoms with Crippen molar-refractivity contribution in [1.82, 2.24) is 9.55 Å². The Morgan fingerprint density at radius 1 is 1.00 bits per heavy atom.